The molecule has 0 radical (unpaired) electrons. The van der Waals surface area contributed by atoms with E-state index < -0.39 is 0 Å². The Morgan fingerprint density at radius 2 is 1.75 bits per heavy atom. The van der Waals surface area contributed by atoms with Gasteiger partial charge in [0.05, 0.1) is 0 Å². The van der Waals surface area contributed by atoms with Crippen LogP contribution in [0.15, 0.2) is 53.5 Å². The van der Waals surface area contributed by atoms with Crippen LogP contribution in [-0.4, -0.2) is 38.8 Å². The maximum atomic E-state index is 11.9. The number of hydrogen-bond acceptors (Lipinski definition) is 4. The number of ether oxygens (including phenoxy) is 2. The van der Waals surface area contributed by atoms with Crippen LogP contribution >= 0.6 is 0 Å². The number of carbonyl (C=O) groups is 1. The number of benzene rings is 2. The van der Waals surface area contributed by atoms with Gasteiger partial charge in [0.25, 0.3) is 0 Å². The summed E-state index contributed by atoms with van der Waals surface area (Å²) in [4.78, 5) is 16.1. The second kappa shape index (κ2) is 10.2. The topological polar surface area (TPSA) is 84.0 Å². The molecule has 3 N–H and O–H groups in total. The largest absolute Gasteiger partial charge is 0.454 e. The molecule has 1 amide bonds. The second-order valence-corrected chi connectivity index (χ2v) is 6.38. The van der Waals surface area contributed by atoms with E-state index in [0.29, 0.717) is 25.5 Å². The van der Waals surface area contributed by atoms with E-state index in [1.807, 2.05) is 48.5 Å². The highest BCUT2D eigenvalue weighted by molar-refractivity contribution is 5.81. The first-order chi connectivity index (χ1) is 13.7. The number of hydrogen-bond donors (Lipinski definition) is 3. The Bertz CT molecular complexity index is 809. The highest BCUT2D eigenvalue weighted by atomic mass is 16.7. The fraction of sp³-hybridized carbons (Fsp3) is 0.333. The molecule has 148 valence electrons. The van der Waals surface area contributed by atoms with Crippen molar-refractivity contribution in [3.05, 3.63) is 59.7 Å². The Morgan fingerprint density at radius 3 is 2.57 bits per heavy atom. The van der Waals surface area contributed by atoms with Gasteiger partial charge in [0, 0.05) is 33.1 Å². The van der Waals surface area contributed by atoms with E-state index >= 15 is 0 Å². The van der Waals surface area contributed by atoms with E-state index in [9.17, 15) is 4.79 Å². The van der Waals surface area contributed by atoms with Crippen LogP contribution in [0.2, 0.25) is 0 Å². The molecule has 7 nitrogen and oxygen atoms in total. The Hall–Kier alpha value is -3.22. The first-order valence-electron chi connectivity index (χ1n) is 9.38. The minimum atomic E-state index is 0.00664. The molecule has 7 heteroatoms. The predicted octanol–water partition coefficient (Wildman–Crippen LogP) is 1.83. The molecule has 1 heterocycles. The third-order valence-corrected chi connectivity index (χ3v) is 4.34. The Kier molecular flexibility index (Phi) is 7.12. The van der Waals surface area contributed by atoms with Crippen molar-refractivity contribution >= 4 is 11.9 Å². The number of nitrogens with one attached hydrogen (secondary N) is 3. The van der Waals surface area contributed by atoms with Crippen molar-refractivity contribution in [2.24, 2.45) is 4.99 Å². The van der Waals surface area contributed by atoms with Crippen molar-refractivity contribution < 1.29 is 14.3 Å². The third-order valence-electron chi connectivity index (χ3n) is 4.34. The molecule has 0 saturated carbocycles. The normalized spacial score (nSPS) is 12.5. The average Bonchev–Trinajstić information content (AvgIpc) is 3.20. The van der Waals surface area contributed by atoms with Gasteiger partial charge in [-0.1, -0.05) is 36.4 Å². The summed E-state index contributed by atoms with van der Waals surface area (Å²) in [6.07, 6.45) is 1.21. The molecular formula is C21H26N4O3. The number of guanidine groups is 1. The van der Waals surface area contributed by atoms with Crippen molar-refractivity contribution in [2.75, 3.05) is 26.9 Å². The molecule has 0 bridgehead atoms. The van der Waals surface area contributed by atoms with Gasteiger partial charge in [-0.15, -0.1) is 0 Å². The molecule has 28 heavy (non-hydrogen) atoms. The van der Waals surface area contributed by atoms with Crippen LogP contribution in [0.4, 0.5) is 0 Å². The number of nitrogens with zero attached hydrogens (tertiary/aromatic N) is 1. The van der Waals surface area contributed by atoms with Gasteiger partial charge in [-0.25, -0.2) is 0 Å². The quantitative estimate of drug-likeness (QED) is 0.479. The van der Waals surface area contributed by atoms with Gasteiger partial charge in [0.2, 0.25) is 12.7 Å². The van der Waals surface area contributed by atoms with E-state index in [1.54, 1.807) is 7.05 Å². The molecule has 3 rings (SSSR count). The van der Waals surface area contributed by atoms with Crippen LogP contribution < -0.4 is 25.4 Å². The maximum absolute atomic E-state index is 11.9. The number of amides is 1. The fourth-order valence-corrected chi connectivity index (χ4v) is 2.82. The lowest BCUT2D eigenvalue weighted by Gasteiger charge is -2.12. The zero-order valence-electron chi connectivity index (χ0n) is 16.0. The van der Waals surface area contributed by atoms with Crippen LogP contribution in [0.5, 0.6) is 11.5 Å². The number of aliphatic imine (C=N–C) groups is 1. The molecule has 1 aliphatic rings. The van der Waals surface area contributed by atoms with Crippen molar-refractivity contribution in [1.29, 1.82) is 0 Å². The predicted molar refractivity (Wildman–Crippen MR) is 109 cm³/mol. The van der Waals surface area contributed by atoms with Gasteiger partial charge in [0.1, 0.15) is 0 Å². The number of carbonyl (C=O) groups excluding carboxylic acids is 1. The number of fused-ring (bicyclic) bond motifs is 1. The van der Waals surface area contributed by atoms with Crippen molar-refractivity contribution in [3.63, 3.8) is 0 Å². The Morgan fingerprint density at radius 1 is 0.964 bits per heavy atom. The summed E-state index contributed by atoms with van der Waals surface area (Å²) >= 11 is 0. The lowest BCUT2D eigenvalue weighted by Crippen LogP contribution is -2.40. The zero-order valence-corrected chi connectivity index (χ0v) is 16.0. The third kappa shape index (κ3) is 5.90. The smallest absolute Gasteiger partial charge is 0.231 e. The van der Waals surface area contributed by atoms with Crippen molar-refractivity contribution in [2.45, 2.75) is 19.4 Å². The maximum Gasteiger partial charge on any atom is 0.231 e. The van der Waals surface area contributed by atoms with Gasteiger partial charge in [-0.3, -0.25) is 9.79 Å². The van der Waals surface area contributed by atoms with Gasteiger partial charge >= 0.3 is 0 Å². The fourth-order valence-electron chi connectivity index (χ4n) is 2.82. The van der Waals surface area contributed by atoms with E-state index in [4.69, 9.17) is 9.47 Å². The molecule has 0 aromatic heterocycles. The second-order valence-electron chi connectivity index (χ2n) is 6.38. The molecule has 0 aliphatic carbocycles. The van der Waals surface area contributed by atoms with Crippen LogP contribution in [0.1, 0.15) is 17.5 Å². The van der Waals surface area contributed by atoms with E-state index in [1.165, 1.54) is 0 Å². The van der Waals surface area contributed by atoms with Crippen LogP contribution in [0.3, 0.4) is 0 Å². The summed E-state index contributed by atoms with van der Waals surface area (Å²) in [5.41, 5.74) is 2.25. The molecule has 1 aliphatic heterocycles. The molecule has 2 aromatic rings. The van der Waals surface area contributed by atoms with Crippen LogP contribution in [0.25, 0.3) is 0 Å². The summed E-state index contributed by atoms with van der Waals surface area (Å²) < 4.78 is 10.7. The summed E-state index contributed by atoms with van der Waals surface area (Å²) in [6.45, 7) is 2.07. The minimum Gasteiger partial charge on any atom is -0.454 e. The first kappa shape index (κ1) is 19.5. The molecule has 2 aromatic carbocycles. The van der Waals surface area contributed by atoms with Gasteiger partial charge in [0.15, 0.2) is 17.5 Å². The van der Waals surface area contributed by atoms with Crippen molar-refractivity contribution in [3.8, 4) is 11.5 Å². The van der Waals surface area contributed by atoms with E-state index in [2.05, 4.69) is 20.9 Å². The SMILES string of the molecule is CN=C(NCCC(=O)NCc1ccccc1)NCCc1ccc2c(c1)OCO2. The van der Waals surface area contributed by atoms with Crippen LogP contribution in [-0.2, 0) is 17.8 Å². The minimum absolute atomic E-state index is 0.00664. The summed E-state index contributed by atoms with van der Waals surface area (Å²) in [6, 6.07) is 15.8. The van der Waals surface area contributed by atoms with E-state index in [0.717, 1.165) is 35.6 Å². The van der Waals surface area contributed by atoms with Gasteiger partial charge in [-0.05, 0) is 29.7 Å². The molecule has 0 atom stereocenters. The lowest BCUT2D eigenvalue weighted by atomic mass is 10.1. The average molecular weight is 382 g/mol. The molecule has 0 fully saturated rings. The standard InChI is InChI=1S/C21H26N4O3/c1-22-21(23-11-9-16-7-8-18-19(13-16)28-15-27-18)24-12-10-20(26)25-14-17-5-3-2-4-6-17/h2-8,13H,9-12,14-15H2,1H3,(H,25,26)(H2,22,23,24). The first-order valence-corrected chi connectivity index (χ1v) is 9.38. The van der Waals surface area contributed by atoms with Gasteiger partial charge < -0.3 is 25.4 Å². The highest BCUT2D eigenvalue weighted by Gasteiger charge is 2.13. The van der Waals surface area contributed by atoms with Crippen LogP contribution in [0, 0.1) is 0 Å². The monoisotopic (exact) mass is 382 g/mol. The lowest BCUT2D eigenvalue weighted by molar-refractivity contribution is -0.121. The molecular weight excluding hydrogens is 356 g/mol. The van der Waals surface area contributed by atoms with E-state index in [-0.39, 0.29) is 12.7 Å². The Labute approximate surface area is 165 Å². The summed E-state index contributed by atoms with van der Waals surface area (Å²) in [5, 5.41) is 9.33. The van der Waals surface area contributed by atoms with Crippen molar-refractivity contribution in [1.82, 2.24) is 16.0 Å². The Balaban J connectivity index is 1.31. The molecule has 0 saturated heterocycles. The number of rotatable bonds is 8. The zero-order chi connectivity index (χ0) is 19.6. The van der Waals surface area contributed by atoms with Gasteiger partial charge in [-0.2, -0.15) is 0 Å². The molecule has 0 spiro atoms. The summed E-state index contributed by atoms with van der Waals surface area (Å²) in [7, 11) is 1.71. The highest BCUT2D eigenvalue weighted by Crippen LogP contribution is 2.32. The molecule has 0 unspecified atom stereocenters. The summed E-state index contributed by atoms with van der Waals surface area (Å²) in [5.74, 6) is 2.27.